The number of hydrogen-bond acceptors (Lipinski definition) is 2. The number of rotatable bonds is 1. The van der Waals surface area contributed by atoms with Crippen LogP contribution in [0.15, 0.2) is 15.5 Å². The van der Waals surface area contributed by atoms with Gasteiger partial charge in [-0.1, -0.05) is 0 Å². The lowest BCUT2D eigenvalue weighted by Crippen LogP contribution is -2.06. The van der Waals surface area contributed by atoms with Crippen LogP contribution in [0.5, 0.6) is 5.75 Å². The Morgan fingerprint density at radius 3 is 2.82 bits per heavy atom. The molecular weight excluding hydrogens is 325 g/mol. The highest BCUT2D eigenvalue weighted by molar-refractivity contribution is 14.1. The molecule has 0 amide bonds. The van der Waals surface area contributed by atoms with Gasteiger partial charge in [0.1, 0.15) is 4.60 Å². The molecule has 0 bridgehead atoms. The zero-order valence-corrected chi connectivity index (χ0v) is 9.39. The van der Waals surface area contributed by atoms with Gasteiger partial charge >= 0.3 is 0 Å². The molecule has 11 heavy (non-hydrogen) atoms. The van der Waals surface area contributed by atoms with E-state index in [-0.39, 0.29) is 5.43 Å². The third-order valence-corrected chi connectivity index (χ3v) is 2.25. The highest BCUT2D eigenvalue weighted by Crippen LogP contribution is 2.17. The summed E-state index contributed by atoms with van der Waals surface area (Å²) >= 11 is 5.20. The van der Waals surface area contributed by atoms with Gasteiger partial charge in [-0.15, -0.1) is 0 Å². The number of halogens is 2. The molecule has 1 aromatic rings. The summed E-state index contributed by atoms with van der Waals surface area (Å²) in [6.07, 6.45) is 0. The molecule has 60 valence electrons. The van der Waals surface area contributed by atoms with Gasteiger partial charge in [0.2, 0.25) is 5.43 Å². The third-order valence-electron chi connectivity index (χ3n) is 1.11. The number of ether oxygens (including phenoxy) is 1. The number of pyridine rings is 1. The number of nitrogens with one attached hydrogen (secondary N) is 1. The highest BCUT2D eigenvalue weighted by atomic mass is 127. The van der Waals surface area contributed by atoms with E-state index in [1.807, 2.05) is 22.6 Å². The monoisotopic (exact) mass is 329 g/mol. The Bertz CT molecular complexity index is 323. The second-order valence-corrected chi connectivity index (χ2v) is 3.78. The standard InChI is InChI=1S/C6H5BrINO2/c1-11-5-3(10)2-4(8)9-6(5)7/h2H,1H3,(H,9,10). The largest absolute Gasteiger partial charge is 0.490 e. The van der Waals surface area contributed by atoms with Crippen molar-refractivity contribution in [3.8, 4) is 5.75 Å². The summed E-state index contributed by atoms with van der Waals surface area (Å²) < 4.78 is 6.20. The molecule has 0 radical (unpaired) electrons. The first kappa shape index (κ1) is 9.05. The minimum absolute atomic E-state index is 0.123. The van der Waals surface area contributed by atoms with Crippen LogP contribution in [0.25, 0.3) is 0 Å². The van der Waals surface area contributed by atoms with E-state index < -0.39 is 0 Å². The Hall–Kier alpha value is -0.0400. The van der Waals surface area contributed by atoms with Crippen LogP contribution in [-0.4, -0.2) is 12.1 Å². The van der Waals surface area contributed by atoms with E-state index >= 15 is 0 Å². The first-order valence-corrected chi connectivity index (χ1v) is 4.64. The summed E-state index contributed by atoms with van der Waals surface area (Å²) in [6, 6.07) is 1.48. The van der Waals surface area contributed by atoms with Crippen LogP contribution < -0.4 is 10.2 Å². The molecule has 0 atom stereocenters. The molecule has 0 aliphatic carbocycles. The number of hydrogen-bond donors (Lipinski definition) is 1. The normalized spacial score (nSPS) is 9.73. The van der Waals surface area contributed by atoms with Gasteiger partial charge < -0.3 is 9.72 Å². The first-order valence-electron chi connectivity index (χ1n) is 2.77. The zero-order valence-electron chi connectivity index (χ0n) is 5.65. The summed E-state index contributed by atoms with van der Waals surface area (Å²) in [5.41, 5.74) is -0.123. The smallest absolute Gasteiger partial charge is 0.225 e. The Morgan fingerprint density at radius 2 is 2.36 bits per heavy atom. The summed E-state index contributed by atoms with van der Waals surface area (Å²) in [5, 5.41) is 0. The van der Waals surface area contributed by atoms with Gasteiger partial charge in [0.15, 0.2) is 5.75 Å². The Labute approximate surface area is 85.4 Å². The van der Waals surface area contributed by atoms with Crippen molar-refractivity contribution in [1.82, 2.24) is 4.98 Å². The van der Waals surface area contributed by atoms with Crippen molar-refractivity contribution in [3.05, 3.63) is 24.6 Å². The predicted molar refractivity (Wildman–Crippen MR) is 54.0 cm³/mol. The molecule has 0 fully saturated rings. The van der Waals surface area contributed by atoms with Gasteiger partial charge in [-0.25, -0.2) is 0 Å². The van der Waals surface area contributed by atoms with Gasteiger partial charge in [0, 0.05) is 6.07 Å². The maximum Gasteiger partial charge on any atom is 0.225 e. The van der Waals surface area contributed by atoms with Crippen LogP contribution in [0, 0.1) is 3.70 Å². The van der Waals surface area contributed by atoms with Crippen LogP contribution in [0.1, 0.15) is 0 Å². The van der Waals surface area contributed by atoms with Gasteiger partial charge in [-0.2, -0.15) is 0 Å². The maximum absolute atomic E-state index is 11.1. The van der Waals surface area contributed by atoms with Crippen LogP contribution in [0.4, 0.5) is 0 Å². The molecule has 1 rings (SSSR count). The second kappa shape index (κ2) is 3.57. The van der Waals surface area contributed by atoms with Crippen LogP contribution in [0.3, 0.4) is 0 Å². The molecule has 0 aliphatic rings. The fourth-order valence-corrected chi connectivity index (χ4v) is 2.17. The average molecular weight is 330 g/mol. The lowest BCUT2D eigenvalue weighted by Gasteiger charge is -2.01. The van der Waals surface area contributed by atoms with Crippen molar-refractivity contribution < 1.29 is 4.74 Å². The van der Waals surface area contributed by atoms with E-state index in [1.54, 1.807) is 0 Å². The molecule has 0 saturated heterocycles. The van der Waals surface area contributed by atoms with Crippen LogP contribution >= 0.6 is 38.5 Å². The lowest BCUT2D eigenvalue weighted by atomic mass is 10.4. The Morgan fingerprint density at radius 1 is 1.73 bits per heavy atom. The molecular formula is C6H5BrINO2. The van der Waals surface area contributed by atoms with Gasteiger partial charge in [-0.3, -0.25) is 4.79 Å². The van der Waals surface area contributed by atoms with Crippen molar-refractivity contribution >= 4 is 38.5 Å². The SMILES string of the molecule is COc1c(Br)[nH]c(I)cc1=O. The van der Waals surface area contributed by atoms with Gasteiger partial charge in [-0.05, 0) is 38.5 Å². The van der Waals surface area contributed by atoms with Gasteiger partial charge in [0.05, 0.1) is 10.8 Å². The highest BCUT2D eigenvalue weighted by Gasteiger charge is 2.05. The average Bonchev–Trinajstić information content (AvgIpc) is 1.85. The minimum atomic E-state index is -0.123. The van der Waals surface area contributed by atoms with Crippen LogP contribution in [0.2, 0.25) is 0 Å². The minimum Gasteiger partial charge on any atom is -0.490 e. The number of aromatic amines is 1. The first-order chi connectivity index (χ1) is 5.15. The van der Waals surface area contributed by atoms with Crippen molar-refractivity contribution in [2.45, 2.75) is 0 Å². The van der Waals surface area contributed by atoms with E-state index in [2.05, 4.69) is 20.9 Å². The summed E-state index contributed by atoms with van der Waals surface area (Å²) in [5.74, 6) is 0.311. The fraction of sp³-hybridized carbons (Fsp3) is 0.167. The van der Waals surface area contributed by atoms with Crippen molar-refractivity contribution in [2.75, 3.05) is 7.11 Å². The van der Waals surface area contributed by atoms with Crippen LogP contribution in [-0.2, 0) is 0 Å². The summed E-state index contributed by atoms with van der Waals surface area (Å²) in [7, 11) is 1.46. The molecule has 3 nitrogen and oxygen atoms in total. The van der Waals surface area contributed by atoms with Gasteiger partial charge in [0.25, 0.3) is 0 Å². The quantitative estimate of drug-likeness (QED) is 0.630. The lowest BCUT2D eigenvalue weighted by molar-refractivity contribution is 0.405. The van der Waals surface area contributed by atoms with E-state index in [0.29, 0.717) is 10.4 Å². The Balaban J connectivity index is 3.37. The van der Waals surface area contributed by atoms with Crippen molar-refractivity contribution in [3.63, 3.8) is 0 Å². The van der Waals surface area contributed by atoms with E-state index in [9.17, 15) is 4.79 Å². The maximum atomic E-state index is 11.1. The molecule has 0 saturated carbocycles. The van der Waals surface area contributed by atoms with E-state index in [0.717, 1.165) is 3.70 Å². The Kier molecular flexibility index (Phi) is 2.94. The second-order valence-electron chi connectivity index (χ2n) is 1.83. The topological polar surface area (TPSA) is 42.1 Å². The number of methoxy groups -OCH3 is 1. The third kappa shape index (κ3) is 1.96. The summed E-state index contributed by atoms with van der Waals surface area (Å²) in [4.78, 5) is 14.0. The number of aromatic nitrogens is 1. The zero-order chi connectivity index (χ0) is 8.43. The van der Waals surface area contributed by atoms with Crippen molar-refractivity contribution in [2.24, 2.45) is 0 Å². The predicted octanol–water partition coefficient (Wildman–Crippen LogP) is 1.75. The molecule has 1 N–H and O–H groups in total. The number of H-pyrrole nitrogens is 1. The molecule has 5 heteroatoms. The fourth-order valence-electron chi connectivity index (χ4n) is 0.677. The van der Waals surface area contributed by atoms with E-state index in [4.69, 9.17) is 4.74 Å². The molecule has 0 aromatic carbocycles. The molecule has 0 aliphatic heterocycles. The molecule has 0 unspecified atom stereocenters. The summed E-state index contributed by atoms with van der Waals surface area (Å²) in [6.45, 7) is 0. The van der Waals surface area contributed by atoms with Crippen molar-refractivity contribution in [1.29, 1.82) is 0 Å². The molecule has 0 spiro atoms. The molecule has 1 aromatic heterocycles. The van der Waals surface area contributed by atoms with E-state index in [1.165, 1.54) is 13.2 Å². The molecule has 1 heterocycles.